The molecule has 202 valence electrons. The molecule has 10 nitrogen and oxygen atoms in total. The highest BCUT2D eigenvalue weighted by atomic mass is 16.7. The Morgan fingerprint density at radius 3 is 2.38 bits per heavy atom. The summed E-state index contributed by atoms with van der Waals surface area (Å²) in [5.41, 5.74) is 3.51. The lowest BCUT2D eigenvalue weighted by Gasteiger charge is -2.40. The van der Waals surface area contributed by atoms with E-state index >= 15 is 0 Å². The van der Waals surface area contributed by atoms with Crippen LogP contribution in [0.2, 0.25) is 0 Å². The minimum atomic E-state index is -0.694. The van der Waals surface area contributed by atoms with Crippen LogP contribution in [0.25, 0.3) is 11.0 Å². The Labute approximate surface area is 219 Å². The number of nitrogens with zero attached hydrogens (tertiary/aromatic N) is 5. The number of hydrogen-bond donors (Lipinski definition) is 2. The van der Waals surface area contributed by atoms with Crippen molar-refractivity contribution in [2.75, 3.05) is 46.3 Å². The van der Waals surface area contributed by atoms with Crippen molar-refractivity contribution in [1.29, 1.82) is 0 Å². The largest absolute Gasteiger partial charge is 0.426 e. The summed E-state index contributed by atoms with van der Waals surface area (Å²) in [6.07, 6.45) is 7.59. The number of hydrogen-bond acceptors (Lipinski definition) is 7. The van der Waals surface area contributed by atoms with Crippen LogP contribution in [0.3, 0.4) is 0 Å². The number of likely N-dealkylation sites (tertiary alicyclic amines) is 2. The van der Waals surface area contributed by atoms with Gasteiger partial charge in [0, 0.05) is 32.6 Å². The second-order valence-electron chi connectivity index (χ2n) is 11.2. The van der Waals surface area contributed by atoms with Gasteiger partial charge in [0.05, 0.1) is 0 Å². The quantitative estimate of drug-likeness (QED) is 0.614. The Hall–Kier alpha value is -2.72. The third kappa shape index (κ3) is 6.41. The Morgan fingerprint density at radius 2 is 1.68 bits per heavy atom. The molecule has 0 saturated carbocycles. The van der Waals surface area contributed by atoms with Crippen molar-refractivity contribution in [3.05, 3.63) is 23.3 Å². The maximum absolute atomic E-state index is 13.8. The number of amides is 2. The van der Waals surface area contributed by atoms with E-state index in [9.17, 15) is 9.59 Å². The summed E-state index contributed by atoms with van der Waals surface area (Å²) in [5.74, 6) is 1.42. The number of aromatic amines is 1. The first-order valence-corrected chi connectivity index (χ1v) is 14.0. The molecule has 0 radical (unpaired) electrons. The zero-order valence-electron chi connectivity index (χ0n) is 22.2. The zero-order chi connectivity index (χ0) is 25.8. The normalized spacial score (nSPS) is 21.7. The van der Waals surface area contributed by atoms with Crippen LogP contribution in [-0.2, 0) is 16.1 Å². The highest BCUT2D eigenvalue weighted by molar-refractivity contribution is 5.86. The number of benzene rings is 1. The maximum atomic E-state index is 13.8. The Bertz CT molecular complexity index is 1070. The Kier molecular flexibility index (Phi) is 8.24. The van der Waals surface area contributed by atoms with Crippen LogP contribution in [0.4, 0.5) is 4.79 Å². The monoisotopic (exact) mass is 511 g/mol. The van der Waals surface area contributed by atoms with E-state index in [1.165, 1.54) is 25.9 Å². The van der Waals surface area contributed by atoms with Crippen LogP contribution < -0.4 is 5.32 Å². The van der Waals surface area contributed by atoms with Gasteiger partial charge < -0.3 is 20.0 Å². The van der Waals surface area contributed by atoms with Crippen LogP contribution in [0.1, 0.15) is 56.1 Å². The standard InChI is InChI=1S/C27H41N7O3/c1-19-16-20(17-23-25(19)30-31-29-23)18-24(28-27(36)37-34-10-4-3-5-11-34)26(35)33-14-8-22(9-15-33)21-6-12-32(2)13-7-21/h16-17,21-22,24H,3-15,18H2,1-2H3,(H,28,36)(H,29,30,31). The molecule has 2 amide bonds. The average Bonchev–Trinajstić information content (AvgIpc) is 3.38. The van der Waals surface area contributed by atoms with Crippen LogP contribution in [0, 0.1) is 18.8 Å². The average molecular weight is 512 g/mol. The van der Waals surface area contributed by atoms with Gasteiger partial charge in [-0.15, -0.1) is 5.06 Å². The van der Waals surface area contributed by atoms with Gasteiger partial charge in [-0.3, -0.25) is 4.79 Å². The van der Waals surface area contributed by atoms with Gasteiger partial charge >= 0.3 is 6.09 Å². The van der Waals surface area contributed by atoms with Gasteiger partial charge in [-0.25, -0.2) is 4.79 Å². The first-order chi connectivity index (χ1) is 18.0. The summed E-state index contributed by atoms with van der Waals surface area (Å²) >= 11 is 0. The number of carbonyl (C=O) groups excluding carboxylic acids is 2. The lowest BCUT2D eigenvalue weighted by atomic mass is 9.79. The van der Waals surface area contributed by atoms with Gasteiger partial charge in [0.1, 0.15) is 17.1 Å². The van der Waals surface area contributed by atoms with Crippen molar-refractivity contribution in [2.24, 2.45) is 11.8 Å². The summed E-state index contributed by atoms with van der Waals surface area (Å²) in [6, 6.07) is 3.27. The summed E-state index contributed by atoms with van der Waals surface area (Å²) < 4.78 is 0. The van der Waals surface area contributed by atoms with E-state index in [-0.39, 0.29) is 5.91 Å². The fourth-order valence-corrected chi connectivity index (χ4v) is 6.30. The molecular formula is C27H41N7O3. The minimum absolute atomic E-state index is 0.0321. The zero-order valence-corrected chi connectivity index (χ0v) is 22.2. The predicted octanol–water partition coefficient (Wildman–Crippen LogP) is 2.88. The van der Waals surface area contributed by atoms with Crippen molar-refractivity contribution in [3.8, 4) is 0 Å². The molecule has 0 aliphatic carbocycles. The Balaban J connectivity index is 1.25. The number of rotatable bonds is 6. The van der Waals surface area contributed by atoms with Crippen LogP contribution in [0.15, 0.2) is 12.1 Å². The fourth-order valence-electron chi connectivity index (χ4n) is 6.30. The van der Waals surface area contributed by atoms with E-state index in [1.54, 1.807) is 5.06 Å². The minimum Gasteiger partial charge on any atom is -0.351 e. The molecule has 5 rings (SSSR count). The number of aromatic nitrogens is 3. The summed E-state index contributed by atoms with van der Waals surface area (Å²) in [5, 5.41) is 15.7. The number of nitrogens with one attached hydrogen (secondary N) is 2. The summed E-state index contributed by atoms with van der Waals surface area (Å²) in [4.78, 5) is 36.5. The smallest absolute Gasteiger partial charge is 0.351 e. The SMILES string of the molecule is Cc1cc(CC(NC(=O)ON2CCCCC2)C(=O)N2CCC(C3CCN(C)CC3)CC2)cc2n[nH]nc12. The number of fused-ring (bicyclic) bond motifs is 1. The summed E-state index contributed by atoms with van der Waals surface area (Å²) in [7, 11) is 2.20. The fraction of sp³-hybridized carbons (Fsp3) is 0.704. The van der Waals surface area contributed by atoms with E-state index in [0.717, 1.165) is 86.4 Å². The number of carbonyl (C=O) groups is 2. The molecule has 4 heterocycles. The molecule has 3 saturated heterocycles. The highest BCUT2D eigenvalue weighted by Crippen LogP contribution is 2.32. The molecule has 3 aliphatic rings. The molecule has 2 N–H and O–H groups in total. The first-order valence-electron chi connectivity index (χ1n) is 14.0. The second-order valence-corrected chi connectivity index (χ2v) is 11.2. The van der Waals surface area contributed by atoms with Crippen molar-refractivity contribution in [3.63, 3.8) is 0 Å². The van der Waals surface area contributed by atoms with Gasteiger partial charge in [0.2, 0.25) is 5.91 Å². The summed E-state index contributed by atoms with van der Waals surface area (Å²) in [6.45, 7) is 7.29. The van der Waals surface area contributed by atoms with Gasteiger partial charge in [0.15, 0.2) is 0 Å². The third-order valence-corrected chi connectivity index (χ3v) is 8.51. The molecule has 0 bridgehead atoms. The van der Waals surface area contributed by atoms with Gasteiger partial charge in [-0.1, -0.05) is 12.5 Å². The number of piperidine rings is 3. The molecule has 1 unspecified atom stereocenters. The van der Waals surface area contributed by atoms with Crippen molar-refractivity contribution >= 4 is 23.0 Å². The van der Waals surface area contributed by atoms with Crippen molar-refractivity contribution in [2.45, 2.75) is 64.3 Å². The molecule has 0 spiro atoms. The third-order valence-electron chi connectivity index (χ3n) is 8.51. The van der Waals surface area contributed by atoms with E-state index < -0.39 is 12.1 Å². The molecule has 1 aromatic heterocycles. The van der Waals surface area contributed by atoms with Crippen LogP contribution >= 0.6 is 0 Å². The van der Waals surface area contributed by atoms with E-state index in [0.29, 0.717) is 12.3 Å². The van der Waals surface area contributed by atoms with E-state index in [1.807, 2.05) is 24.0 Å². The lowest BCUT2D eigenvalue weighted by molar-refractivity contribution is -0.136. The molecule has 10 heteroatoms. The molecule has 1 atom stereocenters. The van der Waals surface area contributed by atoms with Gasteiger partial charge in [-0.2, -0.15) is 15.4 Å². The van der Waals surface area contributed by atoms with Crippen LogP contribution in [0.5, 0.6) is 0 Å². The topological polar surface area (TPSA) is 107 Å². The number of H-pyrrole nitrogens is 1. The molecule has 37 heavy (non-hydrogen) atoms. The van der Waals surface area contributed by atoms with Crippen LogP contribution in [-0.4, -0.2) is 94.6 Å². The molecule has 1 aromatic carbocycles. The number of aryl methyl sites for hydroxylation is 1. The van der Waals surface area contributed by atoms with Gasteiger partial charge in [0.25, 0.3) is 0 Å². The second kappa shape index (κ2) is 11.8. The molecule has 3 fully saturated rings. The van der Waals surface area contributed by atoms with E-state index in [4.69, 9.17) is 4.84 Å². The van der Waals surface area contributed by atoms with Crippen molar-refractivity contribution < 1.29 is 14.4 Å². The van der Waals surface area contributed by atoms with E-state index in [2.05, 4.69) is 32.7 Å². The molecule has 2 aromatic rings. The highest BCUT2D eigenvalue weighted by Gasteiger charge is 2.34. The lowest BCUT2D eigenvalue weighted by Crippen LogP contribution is -2.53. The molecular weight excluding hydrogens is 470 g/mol. The van der Waals surface area contributed by atoms with Gasteiger partial charge in [-0.05, 0) is 94.6 Å². The Morgan fingerprint density at radius 1 is 1.00 bits per heavy atom. The number of hydroxylamine groups is 2. The van der Waals surface area contributed by atoms with Crippen molar-refractivity contribution in [1.82, 2.24) is 35.6 Å². The maximum Gasteiger partial charge on any atom is 0.426 e. The first kappa shape index (κ1) is 25.9. The molecule has 3 aliphatic heterocycles. The predicted molar refractivity (Wildman–Crippen MR) is 141 cm³/mol.